The minimum absolute atomic E-state index is 0.168. The Bertz CT molecular complexity index is 300. The molecule has 1 aliphatic rings. The van der Waals surface area contributed by atoms with E-state index in [9.17, 15) is 9.59 Å². The normalized spacial score (nSPS) is 22.2. The summed E-state index contributed by atoms with van der Waals surface area (Å²) in [7, 11) is 0. The van der Waals surface area contributed by atoms with Crippen molar-refractivity contribution in [3.05, 3.63) is 0 Å². The van der Waals surface area contributed by atoms with E-state index in [1.807, 2.05) is 25.7 Å². The Hall–Kier alpha value is -0.750. The van der Waals surface area contributed by atoms with Crippen LogP contribution in [0.25, 0.3) is 0 Å². The van der Waals surface area contributed by atoms with E-state index in [1.165, 1.54) is 11.8 Å². The topological polar surface area (TPSA) is 66.8 Å². The van der Waals surface area contributed by atoms with Gasteiger partial charge < -0.3 is 9.84 Å². The van der Waals surface area contributed by atoms with Gasteiger partial charge in [-0.3, -0.25) is 14.5 Å². The second-order valence-corrected chi connectivity index (χ2v) is 6.33. The molecule has 1 saturated heterocycles. The van der Waals surface area contributed by atoms with Gasteiger partial charge >= 0.3 is 11.9 Å². The van der Waals surface area contributed by atoms with Gasteiger partial charge in [0.2, 0.25) is 0 Å². The molecule has 1 fully saturated rings. The van der Waals surface area contributed by atoms with Crippen molar-refractivity contribution in [1.82, 2.24) is 4.90 Å². The van der Waals surface area contributed by atoms with Crippen LogP contribution in [0.3, 0.4) is 0 Å². The first-order valence-electron chi connectivity index (χ1n) is 5.56. The fourth-order valence-corrected chi connectivity index (χ4v) is 2.66. The Morgan fingerprint density at radius 3 is 2.65 bits per heavy atom. The molecular formula is C11H19NO4S. The highest BCUT2D eigenvalue weighted by molar-refractivity contribution is 8.00. The molecule has 0 aliphatic carbocycles. The SMILES string of the molecule is CC(C)(C)OC(=O)CN1CCSC(C(=O)O)C1. The Morgan fingerprint density at radius 2 is 2.12 bits per heavy atom. The minimum Gasteiger partial charge on any atom is -0.480 e. The third kappa shape index (κ3) is 5.41. The second-order valence-electron chi connectivity index (χ2n) is 5.02. The summed E-state index contributed by atoms with van der Waals surface area (Å²) in [5.41, 5.74) is -0.492. The molecule has 0 aromatic rings. The van der Waals surface area contributed by atoms with Gasteiger partial charge in [-0.2, -0.15) is 0 Å². The predicted molar refractivity (Wildman–Crippen MR) is 66.2 cm³/mol. The van der Waals surface area contributed by atoms with Crippen LogP contribution < -0.4 is 0 Å². The van der Waals surface area contributed by atoms with E-state index in [4.69, 9.17) is 9.84 Å². The molecule has 17 heavy (non-hydrogen) atoms. The number of ether oxygens (including phenoxy) is 1. The van der Waals surface area contributed by atoms with Crippen LogP contribution in [0.4, 0.5) is 0 Å². The van der Waals surface area contributed by atoms with E-state index in [0.29, 0.717) is 6.54 Å². The maximum atomic E-state index is 11.6. The molecule has 98 valence electrons. The zero-order chi connectivity index (χ0) is 13.1. The van der Waals surface area contributed by atoms with Crippen LogP contribution in [-0.4, -0.2) is 58.2 Å². The van der Waals surface area contributed by atoms with Gasteiger partial charge in [0.15, 0.2) is 0 Å². The average molecular weight is 261 g/mol. The van der Waals surface area contributed by atoms with Crippen LogP contribution in [0.1, 0.15) is 20.8 Å². The number of hydrogen-bond acceptors (Lipinski definition) is 5. The molecule has 0 aromatic heterocycles. The molecule has 1 atom stereocenters. The third-order valence-corrected chi connectivity index (χ3v) is 3.37. The summed E-state index contributed by atoms with van der Waals surface area (Å²) in [6, 6.07) is 0. The van der Waals surface area contributed by atoms with Gasteiger partial charge in [0, 0.05) is 18.8 Å². The molecule has 1 heterocycles. The highest BCUT2D eigenvalue weighted by atomic mass is 32.2. The molecule has 5 nitrogen and oxygen atoms in total. The lowest BCUT2D eigenvalue weighted by atomic mass is 10.2. The Balaban J connectivity index is 2.41. The molecule has 1 N–H and O–H groups in total. The summed E-state index contributed by atoms with van der Waals surface area (Å²) < 4.78 is 5.20. The molecule has 0 saturated carbocycles. The van der Waals surface area contributed by atoms with Crippen LogP contribution >= 0.6 is 11.8 Å². The lowest BCUT2D eigenvalue weighted by molar-refractivity contribution is -0.156. The molecular weight excluding hydrogens is 242 g/mol. The van der Waals surface area contributed by atoms with Crippen molar-refractivity contribution in [1.29, 1.82) is 0 Å². The van der Waals surface area contributed by atoms with Gasteiger partial charge in [0.05, 0.1) is 6.54 Å². The van der Waals surface area contributed by atoms with Gasteiger partial charge in [-0.25, -0.2) is 0 Å². The van der Waals surface area contributed by atoms with Crippen LogP contribution in [0, 0.1) is 0 Å². The van der Waals surface area contributed by atoms with E-state index in [0.717, 1.165) is 12.3 Å². The zero-order valence-electron chi connectivity index (χ0n) is 10.4. The first-order valence-corrected chi connectivity index (χ1v) is 6.61. The number of rotatable bonds is 3. The van der Waals surface area contributed by atoms with Crippen molar-refractivity contribution in [2.75, 3.05) is 25.4 Å². The number of nitrogens with zero attached hydrogens (tertiary/aromatic N) is 1. The molecule has 0 bridgehead atoms. The van der Waals surface area contributed by atoms with Crippen LogP contribution in [-0.2, 0) is 14.3 Å². The van der Waals surface area contributed by atoms with Crippen molar-refractivity contribution >= 4 is 23.7 Å². The summed E-state index contributed by atoms with van der Waals surface area (Å²) >= 11 is 1.42. The molecule has 0 amide bonds. The Kier molecular flexibility index (Phi) is 4.82. The predicted octanol–water partition coefficient (Wildman–Crippen LogP) is 0.830. The summed E-state index contributed by atoms with van der Waals surface area (Å²) in [6.45, 7) is 6.75. The van der Waals surface area contributed by atoms with Crippen molar-refractivity contribution in [3.63, 3.8) is 0 Å². The van der Waals surface area contributed by atoms with E-state index in [-0.39, 0.29) is 12.5 Å². The third-order valence-electron chi connectivity index (χ3n) is 2.20. The van der Waals surface area contributed by atoms with Crippen molar-refractivity contribution in [3.8, 4) is 0 Å². The molecule has 0 aromatic carbocycles. The van der Waals surface area contributed by atoms with Crippen molar-refractivity contribution in [2.24, 2.45) is 0 Å². The highest BCUT2D eigenvalue weighted by Gasteiger charge is 2.28. The van der Waals surface area contributed by atoms with Crippen molar-refractivity contribution in [2.45, 2.75) is 31.6 Å². The molecule has 6 heteroatoms. The maximum absolute atomic E-state index is 11.6. The zero-order valence-corrected chi connectivity index (χ0v) is 11.2. The molecule has 0 radical (unpaired) electrons. The number of esters is 1. The van der Waals surface area contributed by atoms with E-state index in [1.54, 1.807) is 0 Å². The van der Waals surface area contributed by atoms with Gasteiger partial charge in [-0.1, -0.05) is 0 Å². The molecule has 1 rings (SSSR count). The van der Waals surface area contributed by atoms with Crippen LogP contribution in [0.5, 0.6) is 0 Å². The number of carboxylic acid groups (broad SMARTS) is 1. The van der Waals surface area contributed by atoms with Gasteiger partial charge in [0.1, 0.15) is 10.9 Å². The Labute approximate surface area is 105 Å². The number of carbonyl (C=O) groups is 2. The Morgan fingerprint density at radius 1 is 1.47 bits per heavy atom. The smallest absolute Gasteiger partial charge is 0.320 e. The van der Waals surface area contributed by atoms with Crippen molar-refractivity contribution < 1.29 is 19.4 Å². The summed E-state index contributed by atoms with van der Waals surface area (Å²) in [4.78, 5) is 24.3. The molecule has 1 aliphatic heterocycles. The fraction of sp³-hybridized carbons (Fsp3) is 0.818. The number of hydrogen-bond donors (Lipinski definition) is 1. The summed E-state index contributed by atoms with van der Waals surface area (Å²) in [6.07, 6.45) is 0. The van der Waals surface area contributed by atoms with Gasteiger partial charge in [0.25, 0.3) is 0 Å². The summed E-state index contributed by atoms with van der Waals surface area (Å²) in [5, 5.41) is 8.47. The highest BCUT2D eigenvalue weighted by Crippen LogP contribution is 2.19. The van der Waals surface area contributed by atoms with Crippen LogP contribution in [0.2, 0.25) is 0 Å². The average Bonchev–Trinajstić information content (AvgIpc) is 2.14. The number of aliphatic carboxylic acids is 1. The fourth-order valence-electron chi connectivity index (χ4n) is 1.55. The second kappa shape index (κ2) is 5.73. The van der Waals surface area contributed by atoms with Gasteiger partial charge in [-0.05, 0) is 20.8 Å². The van der Waals surface area contributed by atoms with E-state index >= 15 is 0 Å². The lowest BCUT2D eigenvalue weighted by Gasteiger charge is -2.30. The number of thioether (sulfide) groups is 1. The number of carbonyl (C=O) groups excluding carboxylic acids is 1. The molecule has 1 unspecified atom stereocenters. The lowest BCUT2D eigenvalue weighted by Crippen LogP contribution is -2.44. The van der Waals surface area contributed by atoms with Gasteiger partial charge in [-0.15, -0.1) is 11.8 Å². The standard InChI is InChI=1S/C11H19NO4S/c1-11(2,3)16-9(13)7-12-4-5-17-8(6-12)10(14)15/h8H,4-7H2,1-3H3,(H,14,15). The monoisotopic (exact) mass is 261 g/mol. The largest absolute Gasteiger partial charge is 0.480 e. The summed E-state index contributed by atoms with van der Waals surface area (Å²) in [5.74, 6) is -0.378. The maximum Gasteiger partial charge on any atom is 0.320 e. The van der Waals surface area contributed by atoms with E-state index in [2.05, 4.69) is 0 Å². The first kappa shape index (κ1) is 14.3. The number of carboxylic acids is 1. The minimum atomic E-state index is -0.816. The molecule has 0 spiro atoms. The first-order chi connectivity index (χ1) is 7.78. The quantitative estimate of drug-likeness (QED) is 0.759. The van der Waals surface area contributed by atoms with E-state index < -0.39 is 16.8 Å². The van der Waals surface area contributed by atoms with Crippen LogP contribution in [0.15, 0.2) is 0 Å².